The lowest BCUT2D eigenvalue weighted by atomic mass is 9.75. The van der Waals surface area contributed by atoms with Crippen LogP contribution in [0.4, 0.5) is 4.39 Å². The first-order valence-corrected chi connectivity index (χ1v) is 6.98. The Morgan fingerprint density at radius 3 is 2.56 bits per heavy atom. The van der Waals surface area contributed by atoms with Crippen LogP contribution >= 0.6 is 0 Å². The molecule has 1 nitrogen and oxygen atoms in total. The molecular weight excluding hydrogens is 225 g/mol. The highest BCUT2D eigenvalue weighted by Gasteiger charge is 2.28. The van der Waals surface area contributed by atoms with Crippen molar-refractivity contribution in [2.24, 2.45) is 5.41 Å². The van der Waals surface area contributed by atoms with Crippen LogP contribution in [0.2, 0.25) is 0 Å². The molecule has 18 heavy (non-hydrogen) atoms. The Bertz CT molecular complexity index is 383. The summed E-state index contributed by atoms with van der Waals surface area (Å²) in [6.45, 7) is 6.86. The molecule has 0 spiro atoms. The molecule has 0 radical (unpaired) electrons. The Balaban J connectivity index is 1.94. The van der Waals surface area contributed by atoms with E-state index in [0.717, 1.165) is 0 Å². The smallest absolute Gasteiger partial charge is 0.123 e. The van der Waals surface area contributed by atoms with E-state index >= 15 is 0 Å². The van der Waals surface area contributed by atoms with Crippen LogP contribution in [0.15, 0.2) is 24.3 Å². The molecule has 1 aromatic carbocycles. The molecule has 1 saturated carbocycles. The summed E-state index contributed by atoms with van der Waals surface area (Å²) in [6, 6.07) is 7.72. The van der Waals surface area contributed by atoms with Gasteiger partial charge in [0, 0.05) is 12.1 Å². The topological polar surface area (TPSA) is 12.0 Å². The SMILES string of the molecule is C[C@@H](NC1CCCC(C)(C)C1)c1ccc(F)cc1. The quantitative estimate of drug-likeness (QED) is 0.834. The molecule has 2 rings (SSSR count). The number of nitrogens with one attached hydrogen (secondary N) is 1. The Morgan fingerprint density at radius 1 is 1.28 bits per heavy atom. The molecule has 0 saturated heterocycles. The van der Waals surface area contributed by atoms with Crippen LogP contribution in [-0.4, -0.2) is 6.04 Å². The van der Waals surface area contributed by atoms with Crippen molar-refractivity contribution in [3.05, 3.63) is 35.6 Å². The highest BCUT2D eigenvalue weighted by molar-refractivity contribution is 5.19. The van der Waals surface area contributed by atoms with Crippen molar-refractivity contribution in [3.8, 4) is 0 Å². The molecule has 1 unspecified atom stereocenters. The first-order valence-electron chi connectivity index (χ1n) is 6.98. The molecule has 0 aliphatic heterocycles. The third-order valence-electron chi connectivity index (χ3n) is 4.06. The van der Waals surface area contributed by atoms with Crippen LogP contribution in [0.3, 0.4) is 0 Å². The van der Waals surface area contributed by atoms with E-state index in [2.05, 4.69) is 26.1 Å². The molecule has 0 bridgehead atoms. The lowest BCUT2D eigenvalue weighted by molar-refractivity contribution is 0.191. The third-order valence-corrected chi connectivity index (χ3v) is 4.06. The maximum absolute atomic E-state index is 12.9. The Labute approximate surface area is 110 Å². The van der Waals surface area contributed by atoms with Crippen molar-refractivity contribution in [1.82, 2.24) is 5.32 Å². The number of rotatable bonds is 3. The summed E-state index contributed by atoms with van der Waals surface area (Å²) in [5.41, 5.74) is 1.62. The molecule has 0 amide bonds. The van der Waals surface area contributed by atoms with Crippen LogP contribution in [0.25, 0.3) is 0 Å². The van der Waals surface area contributed by atoms with Crippen LogP contribution in [-0.2, 0) is 0 Å². The van der Waals surface area contributed by atoms with E-state index < -0.39 is 0 Å². The molecular formula is C16H24FN. The van der Waals surface area contributed by atoms with Crippen molar-refractivity contribution < 1.29 is 4.39 Å². The maximum Gasteiger partial charge on any atom is 0.123 e. The van der Waals surface area contributed by atoms with Gasteiger partial charge < -0.3 is 5.32 Å². The van der Waals surface area contributed by atoms with Gasteiger partial charge in [-0.2, -0.15) is 0 Å². The zero-order valence-corrected chi connectivity index (χ0v) is 11.7. The van der Waals surface area contributed by atoms with Crippen LogP contribution in [0.1, 0.15) is 58.1 Å². The van der Waals surface area contributed by atoms with Crippen LogP contribution in [0, 0.1) is 11.2 Å². The predicted octanol–water partition coefficient (Wildman–Crippen LogP) is 4.45. The lowest BCUT2D eigenvalue weighted by Gasteiger charge is -2.37. The fourth-order valence-corrected chi connectivity index (χ4v) is 3.04. The van der Waals surface area contributed by atoms with E-state index in [1.54, 1.807) is 12.1 Å². The fraction of sp³-hybridized carbons (Fsp3) is 0.625. The summed E-state index contributed by atoms with van der Waals surface area (Å²) >= 11 is 0. The Hall–Kier alpha value is -0.890. The number of halogens is 1. The maximum atomic E-state index is 12.9. The van der Waals surface area contributed by atoms with Gasteiger partial charge in [-0.25, -0.2) is 4.39 Å². The monoisotopic (exact) mass is 249 g/mol. The van der Waals surface area contributed by atoms with E-state index in [9.17, 15) is 4.39 Å². The molecule has 1 fully saturated rings. The van der Waals surface area contributed by atoms with Gasteiger partial charge in [0.1, 0.15) is 5.82 Å². The van der Waals surface area contributed by atoms with Crippen molar-refractivity contribution in [3.63, 3.8) is 0 Å². The van der Waals surface area contributed by atoms with Crippen molar-refractivity contribution in [2.45, 2.75) is 58.5 Å². The van der Waals surface area contributed by atoms with Gasteiger partial charge >= 0.3 is 0 Å². The second kappa shape index (κ2) is 5.40. The highest BCUT2D eigenvalue weighted by Crippen LogP contribution is 2.35. The third kappa shape index (κ3) is 3.55. The largest absolute Gasteiger partial charge is 0.307 e. The van der Waals surface area contributed by atoms with E-state index in [4.69, 9.17) is 0 Å². The van der Waals surface area contributed by atoms with E-state index in [1.165, 1.54) is 31.2 Å². The van der Waals surface area contributed by atoms with Crippen molar-refractivity contribution >= 4 is 0 Å². The van der Waals surface area contributed by atoms with E-state index in [-0.39, 0.29) is 5.82 Å². The minimum absolute atomic E-state index is 0.162. The van der Waals surface area contributed by atoms with Crippen LogP contribution in [0.5, 0.6) is 0 Å². The first-order chi connectivity index (χ1) is 8.46. The molecule has 0 aromatic heterocycles. The molecule has 1 aliphatic carbocycles. The van der Waals surface area contributed by atoms with Gasteiger partial charge in [0.15, 0.2) is 0 Å². The second-order valence-electron chi connectivity index (χ2n) is 6.40. The second-order valence-corrected chi connectivity index (χ2v) is 6.40. The Morgan fingerprint density at radius 2 is 1.94 bits per heavy atom. The highest BCUT2D eigenvalue weighted by atomic mass is 19.1. The van der Waals surface area contributed by atoms with Crippen LogP contribution < -0.4 is 5.32 Å². The van der Waals surface area contributed by atoms with Gasteiger partial charge in [-0.3, -0.25) is 0 Å². The number of hydrogen-bond acceptors (Lipinski definition) is 1. The van der Waals surface area contributed by atoms with Gasteiger partial charge in [0.05, 0.1) is 0 Å². The van der Waals surface area contributed by atoms with Gasteiger partial charge in [-0.1, -0.05) is 32.4 Å². The normalized spacial score (nSPS) is 24.8. The number of hydrogen-bond donors (Lipinski definition) is 1. The summed E-state index contributed by atoms with van der Waals surface area (Å²) in [5.74, 6) is -0.162. The molecule has 1 N–H and O–H groups in total. The molecule has 1 aliphatic rings. The van der Waals surface area contributed by atoms with Gasteiger partial charge in [0.2, 0.25) is 0 Å². The zero-order chi connectivity index (χ0) is 13.2. The summed E-state index contributed by atoms with van der Waals surface area (Å²) < 4.78 is 12.9. The van der Waals surface area contributed by atoms with E-state index in [1.807, 2.05) is 12.1 Å². The molecule has 1 aromatic rings. The molecule has 100 valence electrons. The minimum Gasteiger partial charge on any atom is -0.307 e. The zero-order valence-electron chi connectivity index (χ0n) is 11.7. The average molecular weight is 249 g/mol. The summed E-state index contributed by atoms with van der Waals surface area (Å²) in [4.78, 5) is 0. The fourth-order valence-electron chi connectivity index (χ4n) is 3.04. The average Bonchev–Trinajstić information content (AvgIpc) is 2.28. The summed E-state index contributed by atoms with van der Waals surface area (Å²) in [5, 5.41) is 3.69. The summed E-state index contributed by atoms with van der Waals surface area (Å²) in [6.07, 6.45) is 5.13. The Kier molecular flexibility index (Phi) is 4.06. The first kappa shape index (κ1) is 13.5. The van der Waals surface area contributed by atoms with E-state index in [0.29, 0.717) is 17.5 Å². The predicted molar refractivity (Wildman–Crippen MR) is 74.0 cm³/mol. The van der Waals surface area contributed by atoms with Gasteiger partial charge in [0.25, 0.3) is 0 Å². The summed E-state index contributed by atoms with van der Waals surface area (Å²) in [7, 11) is 0. The van der Waals surface area contributed by atoms with Gasteiger partial charge in [-0.15, -0.1) is 0 Å². The lowest BCUT2D eigenvalue weighted by Crippen LogP contribution is -2.38. The van der Waals surface area contributed by atoms with Crippen molar-refractivity contribution in [1.29, 1.82) is 0 Å². The number of benzene rings is 1. The molecule has 2 heteroatoms. The molecule has 2 atom stereocenters. The minimum atomic E-state index is -0.162. The van der Waals surface area contributed by atoms with Gasteiger partial charge in [-0.05, 0) is 49.3 Å². The van der Waals surface area contributed by atoms with Crippen molar-refractivity contribution in [2.75, 3.05) is 0 Å². The molecule has 0 heterocycles. The standard InChI is InChI=1S/C16H24FN/c1-12(13-6-8-14(17)9-7-13)18-15-5-4-10-16(2,3)11-15/h6-9,12,15,18H,4-5,10-11H2,1-3H3/t12-,15?/m1/s1.